The molecule has 4 rings (SSSR count). The van der Waals surface area contributed by atoms with Crippen LogP contribution in [0.5, 0.6) is 0 Å². The normalized spacial score (nSPS) is 27.4. The topological polar surface area (TPSA) is 76.1 Å². The second-order valence-electron chi connectivity index (χ2n) is 11.4. The van der Waals surface area contributed by atoms with E-state index >= 15 is 0 Å². The Balaban J connectivity index is 1.75. The predicted octanol–water partition coefficient (Wildman–Crippen LogP) is 3.86. The molecule has 38 heavy (non-hydrogen) atoms. The Morgan fingerprint density at radius 2 is 1.58 bits per heavy atom. The molecule has 1 unspecified atom stereocenters. The first-order valence-electron chi connectivity index (χ1n) is 13.1. The average molecular weight is 554 g/mol. The van der Waals surface area contributed by atoms with Gasteiger partial charge in [-0.25, -0.2) is 0 Å². The Labute approximate surface area is 231 Å². The van der Waals surface area contributed by atoms with Crippen molar-refractivity contribution in [2.45, 2.75) is 81.9 Å². The number of aliphatic hydroxyl groups excluding tert-OH is 1. The molecule has 2 saturated heterocycles. The lowest BCUT2D eigenvalue weighted by molar-refractivity contribution is -0.154. The smallest absolute Gasteiger partial charge is 0.261 e. The Morgan fingerprint density at radius 3 is 2.03 bits per heavy atom. The minimum atomic E-state index is -2.87. The molecule has 2 bridgehead atoms. The Morgan fingerprint density at radius 1 is 1.05 bits per heavy atom. The van der Waals surface area contributed by atoms with Gasteiger partial charge in [-0.1, -0.05) is 88.4 Å². The molecule has 0 aliphatic carbocycles. The number of ketones is 1. The molecular formula is C30H39NO5SSi. The summed E-state index contributed by atoms with van der Waals surface area (Å²) in [7, 11) is -2.87. The SMILES string of the molecule is CC(=O)/C(C)=C\N(C(C)=O)C1O[C@@]2(CO[Si](c3ccccc3)(c3ccccc3)C(C)(C)C)[C@H](C)S[C@@H]1[C@@H]2O. The molecule has 0 saturated carbocycles. The number of hydrogen-bond donors (Lipinski definition) is 1. The quantitative estimate of drug-likeness (QED) is 0.395. The van der Waals surface area contributed by atoms with Gasteiger partial charge in [-0.05, 0) is 29.3 Å². The van der Waals surface area contributed by atoms with Crippen LogP contribution in [-0.4, -0.2) is 65.1 Å². The van der Waals surface area contributed by atoms with Crippen LogP contribution in [-0.2, 0) is 18.8 Å². The number of carbonyl (C=O) groups excluding carboxylic acids is 2. The third-order valence-electron chi connectivity index (χ3n) is 7.94. The summed E-state index contributed by atoms with van der Waals surface area (Å²) in [5.41, 5.74) is -0.546. The highest BCUT2D eigenvalue weighted by atomic mass is 32.2. The number of carbonyl (C=O) groups is 2. The fraction of sp³-hybridized carbons (Fsp3) is 0.467. The number of aliphatic hydroxyl groups is 1. The summed E-state index contributed by atoms with van der Waals surface area (Å²) in [6.07, 6.45) is 0.0179. The first kappa shape index (κ1) is 28.8. The van der Waals surface area contributed by atoms with E-state index < -0.39 is 26.3 Å². The molecule has 1 N–H and O–H groups in total. The maximum atomic E-state index is 12.7. The highest BCUT2D eigenvalue weighted by molar-refractivity contribution is 8.01. The molecule has 0 radical (unpaired) electrons. The Hall–Kier alpha value is -2.23. The maximum absolute atomic E-state index is 12.7. The number of benzene rings is 2. The van der Waals surface area contributed by atoms with E-state index in [9.17, 15) is 14.7 Å². The van der Waals surface area contributed by atoms with Crippen molar-refractivity contribution in [2.75, 3.05) is 6.61 Å². The van der Waals surface area contributed by atoms with E-state index in [1.54, 1.807) is 24.9 Å². The first-order chi connectivity index (χ1) is 17.8. The number of ether oxygens (including phenoxy) is 1. The largest absolute Gasteiger partial charge is 0.404 e. The predicted molar refractivity (Wildman–Crippen MR) is 155 cm³/mol. The molecule has 2 heterocycles. The van der Waals surface area contributed by atoms with Crippen LogP contribution in [0.4, 0.5) is 0 Å². The van der Waals surface area contributed by atoms with Crippen LogP contribution in [0.15, 0.2) is 72.4 Å². The van der Waals surface area contributed by atoms with Crippen molar-refractivity contribution >= 4 is 42.1 Å². The van der Waals surface area contributed by atoms with Crippen LogP contribution in [0.1, 0.15) is 48.5 Å². The summed E-state index contributed by atoms with van der Waals surface area (Å²) in [5, 5.41) is 13.3. The van der Waals surface area contributed by atoms with Crippen molar-refractivity contribution in [3.8, 4) is 0 Å². The monoisotopic (exact) mass is 553 g/mol. The minimum absolute atomic E-state index is 0.0522. The van der Waals surface area contributed by atoms with Crippen molar-refractivity contribution in [3.63, 3.8) is 0 Å². The molecule has 2 aliphatic rings. The van der Waals surface area contributed by atoms with E-state index in [0.717, 1.165) is 10.4 Å². The van der Waals surface area contributed by atoms with Crippen LogP contribution >= 0.6 is 11.8 Å². The number of hydrogen-bond acceptors (Lipinski definition) is 6. The lowest BCUT2D eigenvalue weighted by atomic mass is 9.95. The Bertz CT molecular complexity index is 1160. The van der Waals surface area contributed by atoms with Crippen molar-refractivity contribution in [1.29, 1.82) is 0 Å². The molecule has 1 amide bonds. The van der Waals surface area contributed by atoms with Gasteiger partial charge in [0.05, 0.1) is 11.9 Å². The van der Waals surface area contributed by atoms with E-state index in [4.69, 9.17) is 9.16 Å². The first-order valence-corrected chi connectivity index (χ1v) is 15.9. The zero-order chi connectivity index (χ0) is 27.9. The number of allylic oxidation sites excluding steroid dienone is 1. The van der Waals surface area contributed by atoms with E-state index in [-0.39, 0.29) is 33.8 Å². The molecule has 2 aromatic rings. The van der Waals surface area contributed by atoms with Crippen molar-refractivity contribution in [2.24, 2.45) is 0 Å². The molecule has 2 aromatic carbocycles. The molecular weight excluding hydrogens is 514 g/mol. The van der Waals surface area contributed by atoms with Crippen LogP contribution in [0.25, 0.3) is 0 Å². The number of Topliss-reactive ketones (excluding diaryl/α,β-unsaturated/α-hetero) is 1. The molecule has 2 fully saturated rings. The van der Waals surface area contributed by atoms with Gasteiger partial charge < -0.3 is 14.3 Å². The number of nitrogens with zero attached hydrogens (tertiary/aromatic N) is 1. The molecule has 5 atom stereocenters. The van der Waals surface area contributed by atoms with Gasteiger partial charge in [0.1, 0.15) is 11.7 Å². The van der Waals surface area contributed by atoms with Gasteiger partial charge in [0, 0.05) is 23.9 Å². The van der Waals surface area contributed by atoms with Crippen LogP contribution in [0.3, 0.4) is 0 Å². The number of thioether (sulfide) groups is 1. The van der Waals surface area contributed by atoms with Crippen molar-refractivity contribution in [1.82, 2.24) is 4.90 Å². The van der Waals surface area contributed by atoms with Crippen LogP contribution in [0.2, 0.25) is 5.04 Å². The van der Waals surface area contributed by atoms with Gasteiger partial charge in [0.15, 0.2) is 12.0 Å². The molecule has 8 heteroatoms. The van der Waals surface area contributed by atoms with Gasteiger partial charge in [0.25, 0.3) is 8.32 Å². The number of fused-ring (bicyclic) bond motifs is 2. The van der Waals surface area contributed by atoms with E-state index in [2.05, 4.69) is 45.0 Å². The Kier molecular flexibility index (Phi) is 8.13. The van der Waals surface area contributed by atoms with Gasteiger partial charge in [0.2, 0.25) is 5.91 Å². The van der Waals surface area contributed by atoms with Gasteiger partial charge in [-0.15, -0.1) is 11.8 Å². The minimum Gasteiger partial charge on any atom is -0.404 e. The standard InChI is InChI=1S/C30H39NO5SSi/c1-20(21(2)32)18-31(23(4)33)28-26-27(34)30(36-28,22(3)37-26)19-35-38(29(5,6)7,24-14-10-8-11-15-24)25-16-12-9-13-17-25/h8-18,22,26-28,34H,19H2,1-7H3/b20-18-/t22-,26+,27-,28?,30-/m0/s1. The summed E-state index contributed by atoms with van der Waals surface area (Å²) in [6.45, 7) is 13.5. The van der Waals surface area contributed by atoms with Crippen LogP contribution in [0, 0.1) is 0 Å². The van der Waals surface area contributed by atoms with Gasteiger partial charge in [-0.2, -0.15) is 0 Å². The maximum Gasteiger partial charge on any atom is 0.261 e. The zero-order valence-electron chi connectivity index (χ0n) is 23.3. The highest BCUT2D eigenvalue weighted by Crippen LogP contribution is 2.54. The fourth-order valence-electron chi connectivity index (χ4n) is 5.70. The van der Waals surface area contributed by atoms with Crippen molar-refractivity contribution in [3.05, 3.63) is 72.4 Å². The van der Waals surface area contributed by atoms with Crippen LogP contribution < -0.4 is 10.4 Å². The van der Waals surface area contributed by atoms with E-state index in [1.807, 2.05) is 43.3 Å². The lowest BCUT2D eigenvalue weighted by Gasteiger charge is -2.46. The van der Waals surface area contributed by atoms with Gasteiger partial charge >= 0.3 is 0 Å². The number of rotatable bonds is 8. The fourth-order valence-corrected chi connectivity index (χ4v) is 12.0. The molecule has 0 spiro atoms. The zero-order valence-corrected chi connectivity index (χ0v) is 25.1. The lowest BCUT2D eigenvalue weighted by Crippen LogP contribution is -2.68. The summed E-state index contributed by atoms with van der Waals surface area (Å²) >= 11 is 1.61. The second kappa shape index (κ2) is 10.7. The summed E-state index contributed by atoms with van der Waals surface area (Å²) in [4.78, 5) is 26.0. The second-order valence-corrected chi connectivity index (χ2v) is 17.2. The molecule has 6 nitrogen and oxygen atoms in total. The molecule has 204 valence electrons. The van der Waals surface area contributed by atoms with Crippen molar-refractivity contribution < 1.29 is 23.9 Å². The third-order valence-corrected chi connectivity index (χ3v) is 14.5. The average Bonchev–Trinajstić information content (AvgIpc) is 3.28. The third kappa shape index (κ3) is 4.82. The van der Waals surface area contributed by atoms with E-state index in [1.165, 1.54) is 18.7 Å². The summed E-state index contributed by atoms with van der Waals surface area (Å²) < 4.78 is 13.8. The molecule has 0 aromatic heterocycles. The van der Waals surface area contributed by atoms with Gasteiger partial charge in [-0.3, -0.25) is 14.5 Å². The number of amides is 1. The summed E-state index contributed by atoms with van der Waals surface area (Å²) in [5.74, 6) is -0.364. The molecule has 2 aliphatic heterocycles. The highest BCUT2D eigenvalue weighted by Gasteiger charge is 2.66. The summed E-state index contributed by atoms with van der Waals surface area (Å²) in [6, 6.07) is 20.8. The van der Waals surface area contributed by atoms with E-state index in [0.29, 0.717) is 5.57 Å².